The van der Waals surface area contributed by atoms with Crippen LogP contribution in [-0.2, 0) is 0 Å². The molecule has 0 aliphatic rings. The lowest BCUT2D eigenvalue weighted by molar-refractivity contribution is 0.317. The maximum absolute atomic E-state index is 5.78. The largest absolute Gasteiger partial charge is 0.493 e. The molecule has 0 aliphatic carbocycles. The van der Waals surface area contributed by atoms with Crippen molar-refractivity contribution in [2.75, 3.05) is 6.61 Å². The summed E-state index contributed by atoms with van der Waals surface area (Å²) < 4.78 is 10.9. The first-order valence-corrected chi connectivity index (χ1v) is 6.25. The Bertz CT molecular complexity index is 678. The quantitative estimate of drug-likeness (QED) is 0.714. The summed E-state index contributed by atoms with van der Waals surface area (Å²) in [6.45, 7) is 2.73. The fourth-order valence-electron chi connectivity index (χ4n) is 2.07. The third-order valence-electron chi connectivity index (χ3n) is 2.90. The maximum atomic E-state index is 5.78. The number of rotatable bonds is 4. The van der Waals surface area contributed by atoms with E-state index in [4.69, 9.17) is 9.26 Å². The molecule has 0 fully saturated rings. The molecule has 0 atom stereocenters. The highest BCUT2D eigenvalue weighted by molar-refractivity contribution is 5.98. The molecular formula is C15H13N2O2. The highest BCUT2D eigenvalue weighted by Crippen LogP contribution is 2.36. The van der Waals surface area contributed by atoms with Crippen LogP contribution in [0, 0.1) is 6.20 Å². The van der Waals surface area contributed by atoms with Crippen molar-refractivity contribution in [3.05, 3.63) is 42.6 Å². The zero-order valence-corrected chi connectivity index (χ0v) is 10.6. The number of aromatic nitrogens is 2. The summed E-state index contributed by atoms with van der Waals surface area (Å²) in [5, 5.41) is 9.28. The standard InChI is InChI=1S/C15H13N2O2/c1-2-9-18-13-8-7-11-5-3-4-6-12(11)15(13)14-10-16-17-19-14/h3-8H,2,9H2,1H3. The fraction of sp³-hybridized carbons (Fsp3) is 0.200. The summed E-state index contributed by atoms with van der Waals surface area (Å²) in [6.07, 6.45) is 3.70. The molecule has 0 spiro atoms. The van der Waals surface area contributed by atoms with E-state index < -0.39 is 0 Å². The third kappa shape index (κ3) is 2.17. The van der Waals surface area contributed by atoms with Crippen molar-refractivity contribution in [1.82, 2.24) is 10.4 Å². The number of fused-ring (bicyclic) bond motifs is 1. The number of ether oxygens (including phenoxy) is 1. The Morgan fingerprint density at radius 3 is 2.89 bits per heavy atom. The molecule has 0 saturated carbocycles. The van der Waals surface area contributed by atoms with E-state index in [1.165, 1.54) is 0 Å². The van der Waals surface area contributed by atoms with Gasteiger partial charge in [-0.3, -0.25) is 0 Å². The Kier molecular flexibility index (Phi) is 3.14. The summed E-state index contributed by atoms with van der Waals surface area (Å²) in [5.74, 6) is 1.28. The van der Waals surface area contributed by atoms with E-state index in [1.807, 2.05) is 36.4 Å². The van der Waals surface area contributed by atoms with Gasteiger partial charge >= 0.3 is 0 Å². The molecule has 0 aliphatic heterocycles. The van der Waals surface area contributed by atoms with E-state index in [9.17, 15) is 0 Å². The van der Waals surface area contributed by atoms with Crippen molar-refractivity contribution in [2.24, 2.45) is 0 Å². The van der Waals surface area contributed by atoms with Gasteiger partial charge in [0.25, 0.3) is 0 Å². The van der Waals surface area contributed by atoms with Gasteiger partial charge in [0, 0.05) is 5.27 Å². The monoisotopic (exact) mass is 253 g/mol. The first-order chi connectivity index (χ1) is 9.40. The minimum Gasteiger partial charge on any atom is -0.493 e. The van der Waals surface area contributed by atoms with Gasteiger partial charge < -0.3 is 9.26 Å². The van der Waals surface area contributed by atoms with Crippen LogP contribution in [0.25, 0.3) is 22.1 Å². The number of hydrogen-bond acceptors (Lipinski definition) is 4. The minimum atomic E-state index is 0.503. The van der Waals surface area contributed by atoms with Gasteiger partial charge in [-0.2, -0.15) is 0 Å². The van der Waals surface area contributed by atoms with Gasteiger partial charge in [-0.1, -0.05) is 37.3 Å². The highest BCUT2D eigenvalue weighted by Gasteiger charge is 2.15. The van der Waals surface area contributed by atoms with Crippen molar-refractivity contribution in [2.45, 2.75) is 13.3 Å². The van der Waals surface area contributed by atoms with Gasteiger partial charge in [0.1, 0.15) is 5.75 Å². The second kappa shape index (κ2) is 5.10. The van der Waals surface area contributed by atoms with Crippen molar-refractivity contribution in [3.8, 4) is 17.1 Å². The third-order valence-corrected chi connectivity index (χ3v) is 2.90. The minimum absolute atomic E-state index is 0.503. The summed E-state index contributed by atoms with van der Waals surface area (Å²) in [6, 6.07) is 12.0. The average Bonchev–Trinajstić information content (AvgIpc) is 2.98. The molecule has 0 unspecified atom stereocenters. The van der Waals surface area contributed by atoms with Crippen LogP contribution < -0.4 is 4.74 Å². The number of benzene rings is 2. The van der Waals surface area contributed by atoms with E-state index in [2.05, 4.69) is 23.5 Å². The van der Waals surface area contributed by atoms with Gasteiger partial charge in [-0.15, -0.1) is 5.10 Å². The lowest BCUT2D eigenvalue weighted by atomic mass is 10.0. The molecule has 4 heteroatoms. The second-order valence-corrected chi connectivity index (χ2v) is 4.22. The van der Waals surface area contributed by atoms with Crippen LogP contribution in [-0.4, -0.2) is 17.0 Å². The summed E-state index contributed by atoms with van der Waals surface area (Å²) in [5.41, 5.74) is 0.858. The molecule has 0 bridgehead atoms. The van der Waals surface area contributed by atoms with Crippen LogP contribution in [0.3, 0.4) is 0 Å². The normalized spacial score (nSPS) is 10.8. The number of nitrogens with zero attached hydrogens (tertiary/aromatic N) is 2. The Balaban J connectivity index is 2.22. The maximum Gasteiger partial charge on any atom is 0.201 e. The van der Waals surface area contributed by atoms with Crippen LogP contribution in [0.5, 0.6) is 5.75 Å². The van der Waals surface area contributed by atoms with E-state index in [-0.39, 0.29) is 0 Å². The molecule has 3 rings (SSSR count). The predicted octanol–water partition coefficient (Wildman–Crippen LogP) is 3.48. The van der Waals surface area contributed by atoms with Crippen LogP contribution in [0.15, 0.2) is 40.9 Å². The fourth-order valence-corrected chi connectivity index (χ4v) is 2.07. The molecule has 95 valence electrons. The van der Waals surface area contributed by atoms with Gasteiger partial charge in [0.2, 0.25) is 5.76 Å². The Labute approximate surface area is 111 Å². The van der Waals surface area contributed by atoms with E-state index in [1.54, 1.807) is 0 Å². The molecule has 1 radical (unpaired) electrons. The van der Waals surface area contributed by atoms with Crippen LogP contribution >= 0.6 is 0 Å². The SMILES string of the molecule is CCCOc1ccc2ccccc2c1-c1[c]nno1. The van der Waals surface area contributed by atoms with E-state index in [0.717, 1.165) is 28.5 Å². The van der Waals surface area contributed by atoms with Crippen molar-refractivity contribution in [1.29, 1.82) is 0 Å². The Morgan fingerprint density at radius 2 is 2.11 bits per heavy atom. The summed E-state index contributed by atoms with van der Waals surface area (Å²) in [4.78, 5) is 0. The molecule has 19 heavy (non-hydrogen) atoms. The topological polar surface area (TPSA) is 48.2 Å². The highest BCUT2D eigenvalue weighted by atomic mass is 16.5. The van der Waals surface area contributed by atoms with Gasteiger partial charge in [-0.05, 0) is 23.3 Å². The second-order valence-electron chi connectivity index (χ2n) is 4.22. The van der Waals surface area contributed by atoms with Gasteiger partial charge in [-0.25, -0.2) is 0 Å². The lowest BCUT2D eigenvalue weighted by Crippen LogP contribution is -1.97. The van der Waals surface area contributed by atoms with Crippen LogP contribution in [0.1, 0.15) is 13.3 Å². The predicted molar refractivity (Wildman–Crippen MR) is 71.9 cm³/mol. The lowest BCUT2D eigenvalue weighted by Gasteiger charge is -2.11. The molecule has 2 aromatic carbocycles. The van der Waals surface area contributed by atoms with Crippen LogP contribution in [0.2, 0.25) is 0 Å². The smallest absolute Gasteiger partial charge is 0.201 e. The molecule has 3 aromatic rings. The van der Waals surface area contributed by atoms with Crippen LogP contribution in [0.4, 0.5) is 0 Å². The summed E-state index contributed by atoms with van der Waals surface area (Å²) >= 11 is 0. The molecule has 0 saturated heterocycles. The first-order valence-electron chi connectivity index (χ1n) is 6.25. The molecule has 1 heterocycles. The molecule has 1 aromatic heterocycles. The summed E-state index contributed by atoms with van der Waals surface area (Å²) in [7, 11) is 0. The van der Waals surface area contributed by atoms with Gasteiger partial charge in [0.05, 0.1) is 12.2 Å². The zero-order valence-electron chi connectivity index (χ0n) is 10.6. The van der Waals surface area contributed by atoms with Crippen molar-refractivity contribution < 1.29 is 9.26 Å². The first kappa shape index (κ1) is 11.7. The molecular weight excluding hydrogens is 240 g/mol. The van der Waals surface area contributed by atoms with Crippen molar-refractivity contribution >= 4 is 10.8 Å². The zero-order chi connectivity index (χ0) is 13.1. The van der Waals surface area contributed by atoms with E-state index in [0.29, 0.717) is 12.4 Å². The van der Waals surface area contributed by atoms with Crippen molar-refractivity contribution in [3.63, 3.8) is 0 Å². The van der Waals surface area contributed by atoms with Gasteiger partial charge in [0.15, 0.2) is 6.20 Å². The average molecular weight is 253 g/mol. The molecule has 0 N–H and O–H groups in total. The molecule has 0 amide bonds. The molecule has 4 nitrogen and oxygen atoms in total. The number of hydrogen-bond donors (Lipinski definition) is 0. The van der Waals surface area contributed by atoms with E-state index >= 15 is 0 Å². The Hall–Kier alpha value is -2.36. The Morgan fingerprint density at radius 1 is 1.21 bits per heavy atom.